The Morgan fingerprint density at radius 2 is 2.12 bits per heavy atom. The van der Waals surface area contributed by atoms with E-state index in [1.54, 1.807) is 6.07 Å². The predicted molar refractivity (Wildman–Crippen MR) is 91.6 cm³/mol. The lowest BCUT2D eigenvalue weighted by molar-refractivity contribution is -0.122. The lowest BCUT2D eigenvalue weighted by atomic mass is 9.98. The highest BCUT2D eigenvalue weighted by atomic mass is 19.2. The van der Waals surface area contributed by atoms with E-state index in [0.29, 0.717) is 12.0 Å². The first-order chi connectivity index (χ1) is 12.0. The number of benzene rings is 1. The SMILES string of the molecule is CC(C)N1CCC(NC(=O)CC2CCNN2)C1c1ccc(F)c(F)c1. The maximum absolute atomic E-state index is 13.7. The van der Waals surface area contributed by atoms with Gasteiger partial charge in [0.1, 0.15) is 0 Å². The third kappa shape index (κ3) is 4.16. The number of carbonyl (C=O) groups is 1. The third-order valence-electron chi connectivity index (χ3n) is 5.09. The van der Waals surface area contributed by atoms with E-state index < -0.39 is 11.6 Å². The second-order valence-electron chi connectivity index (χ2n) is 7.17. The standard InChI is InChI=1S/C18H26F2N4O/c1-11(2)24-8-6-16(22-17(25)10-13-5-7-21-23-13)18(24)12-3-4-14(19)15(20)9-12/h3-4,9,11,13,16,18,21,23H,5-8,10H2,1-2H3,(H,22,25). The van der Waals surface area contributed by atoms with Gasteiger partial charge in [0.15, 0.2) is 11.6 Å². The predicted octanol–water partition coefficient (Wildman–Crippen LogP) is 1.86. The molecule has 3 N–H and O–H groups in total. The van der Waals surface area contributed by atoms with Gasteiger partial charge in [0.2, 0.25) is 5.91 Å². The highest BCUT2D eigenvalue weighted by Gasteiger charge is 2.38. The molecule has 5 nitrogen and oxygen atoms in total. The molecule has 1 aromatic rings. The van der Waals surface area contributed by atoms with Crippen molar-refractivity contribution in [2.24, 2.45) is 0 Å². The van der Waals surface area contributed by atoms with Crippen LogP contribution in [0.3, 0.4) is 0 Å². The average molecular weight is 352 g/mol. The molecule has 7 heteroatoms. The first-order valence-electron chi connectivity index (χ1n) is 8.94. The molecule has 25 heavy (non-hydrogen) atoms. The second kappa shape index (κ2) is 7.76. The largest absolute Gasteiger partial charge is 0.351 e. The summed E-state index contributed by atoms with van der Waals surface area (Å²) in [5.74, 6) is -1.71. The van der Waals surface area contributed by atoms with Crippen molar-refractivity contribution in [2.75, 3.05) is 13.1 Å². The second-order valence-corrected chi connectivity index (χ2v) is 7.17. The lowest BCUT2D eigenvalue weighted by Gasteiger charge is -2.32. The Labute approximate surface area is 147 Å². The number of amides is 1. The number of halogens is 2. The minimum absolute atomic E-state index is 0.00982. The molecule has 0 aliphatic carbocycles. The summed E-state index contributed by atoms with van der Waals surface area (Å²) >= 11 is 0. The van der Waals surface area contributed by atoms with Gasteiger partial charge >= 0.3 is 0 Å². The number of likely N-dealkylation sites (tertiary alicyclic amines) is 1. The van der Waals surface area contributed by atoms with E-state index in [4.69, 9.17) is 0 Å². The van der Waals surface area contributed by atoms with Crippen LogP contribution in [0.15, 0.2) is 18.2 Å². The fourth-order valence-electron chi connectivity index (χ4n) is 3.84. The van der Waals surface area contributed by atoms with Crippen LogP contribution in [0.1, 0.15) is 44.7 Å². The van der Waals surface area contributed by atoms with Crippen LogP contribution in [0, 0.1) is 11.6 Å². The molecule has 0 radical (unpaired) electrons. The summed E-state index contributed by atoms with van der Waals surface area (Å²) in [4.78, 5) is 14.6. The van der Waals surface area contributed by atoms with Crippen molar-refractivity contribution >= 4 is 5.91 Å². The molecule has 3 unspecified atom stereocenters. The molecule has 1 aromatic carbocycles. The van der Waals surface area contributed by atoms with Gasteiger partial charge in [-0.05, 0) is 44.4 Å². The van der Waals surface area contributed by atoms with Gasteiger partial charge in [-0.2, -0.15) is 0 Å². The number of carbonyl (C=O) groups excluding carboxylic acids is 1. The number of nitrogens with one attached hydrogen (secondary N) is 3. The minimum atomic E-state index is -0.849. The van der Waals surface area contributed by atoms with Crippen molar-refractivity contribution in [2.45, 2.75) is 57.3 Å². The highest BCUT2D eigenvalue weighted by molar-refractivity contribution is 5.77. The summed E-state index contributed by atoms with van der Waals surface area (Å²) in [5, 5.41) is 3.11. The summed E-state index contributed by atoms with van der Waals surface area (Å²) in [7, 11) is 0. The minimum Gasteiger partial charge on any atom is -0.351 e. The van der Waals surface area contributed by atoms with Crippen LogP contribution in [0.5, 0.6) is 0 Å². The van der Waals surface area contributed by atoms with Crippen LogP contribution < -0.4 is 16.2 Å². The van der Waals surface area contributed by atoms with Crippen molar-refractivity contribution in [1.82, 2.24) is 21.1 Å². The van der Waals surface area contributed by atoms with E-state index >= 15 is 0 Å². The monoisotopic (exact) mass is 352 g/mol. The molecule has 2 fully saturated rings. The van der Waals surface area contributed by atoms with E-state index in [0.717, 1.165) is 32.0 Å². The molecular weight excluding hydrogens is 326 g/mol. The number of hydrazine groups is 1. The van der Waals surface area contributed by atoms with Crippen LogP contribution in [0.25, 0.3) is 0 Å². The first kappa shape index (κ1) is 18.2. The number of nitrogens with zero attached hydrogens (tertiary/aromatic N) is 1. The van der Waals surface area contributed by atoms with Crippen molar-refractivity contribution < 1.29 is 13.6 Å². The molecule has 2 aliphatic rings. The number of hydrogen-bond acceptors (Lipinski definition) is 4. The Morgan fingerprint density at radius 1 is 1.32 bits per heavy atom. The molecule has 2 heterocycles. The Kier molecular flexibility index (Phi) is 5.66. The molecule has 3 atom stereocenters. The van der Waals surface area contributed by atoms with Gasteiger partial charge in [-0.3, -0.25) is 20.5 Å². The molecule has 1 amide bonds. The van der Waals surface area contributed by atoms with E-state index in [2.05, 4.69) is 34.9 Å². The highest BCUT2D eigenvalue weighted by Crippen LogP contribution is 2.34. The first-order valence-corrected chi connectivity index (χ1v) is 8.94. The molecule has 3 rings (SSSR count). The summed E-state index contributed by atoms with van der Waals surface area (Å²) in [6, 6.07) is 4.18. The van der Waals surface area contributed by atoms with E-state index in [1.807, 2.05) is 0 Å². The van der Waals surface area contributed by atoms with E-state index in [-0.39, 0.29) is 30.1 Å². The zero-order valence-corrected chi connectivity index (χ0v) is 14.7. The van der Waals surface area contributed by atoms with Crippen LogP contribution in [-0.2, 0) is 4.79 Å². The van der Waals surface area contributed by atoms with Crippen LogP contribution in [0.4, 0.5) is 8.78 Å². The molecule has 2 saturated heterocycles. The number of hydrogen-bond donors (Lipinski definition) is 3. The zero-order chi connectivity index (χ0) is 18.0. The quantitative estimate of drug-likeness (QED) is 0.757. The van der Waals surface area contributed by atoms with Crippen LogP contribution in [0.2, 0.25) is 0 Å². The smallest absolute Gasteiger partial charge is 0.221 e. The lowest BCUT2D eigenvalue weighted by Crippen LogP contribution is -2.43. The van der Waals surface area contributed by atoms with Gasteiger partial charge < -0.3 is 5.32 Å². The van der Waals surface area contributed by atoms with Gasteiger partial charge in [-0.25, -0.2) is 8.78 Å². The van der Waals surface area contributed by atoms with Crippen molar-refractivity contribution in [3.63, 3.8) is 0 Å². The topological polar surface area (TPSA) is 56.4 Å². The van der Waals surface area contributed by atoms with Gasteiger partial charge in [-0.15, -0.1) is 0 Å². The Bertz CT molecular complexity index is 619. The summed E-state index contributed by atoms with van der Waals surface area (Å²) < 4.78 is 27.0. The summed E-state index contributed by atoms with van der Waals surface area (Å²) in [6.45, 7) is 5.83. The number of rotatable bonds is 5. The summed E-state index contributed by atoms with van der Waals surface area (Å²) in [6.07, 6.45) is 2.13. The van der Waals surface area contributed by atoms with Crippen molar-refractivity contribution in [3.05, 3.63) is 35.4 Å². The molecule has 0 aromatic heterocycles. The normalized spacial score (nSPS) is 27.2. The Hall–Kier alpha value is -1.57. The van der Waals surface area contributed by atoms with E-state index in [9.17, 15) is 13.6 Å². The maximum atomic E-state index is 13.7. The van der Waals surface area contributed by atoms with Crippen molar-refractivity contribution in [1.29, 1.82) is 0 Å². The molecule has 2 aliphatic heterocycles. The van der Waals surface area contributed by atoms with Gasteiger partial charge in [-0.1, -0.05) is 6.07 Å². The van der Waals surface area contributed by atoms with Gasteiger partial charge in [0.05, 0.1) is 6.04 Å². The Balaban J connectivity index is 1.74. The molecule has 0 bridgehead atoms. The van der Waals surface area contributed by atoms with Crippen molar-refractivity contribution in [3.8, 4) is 0 Å². The maximum Gasteiger partial charge on any atom is 0.221 e. The third-order valence-corrected chi connectivity index (χ3v) is 5.09. The zero-order valence-electron chi connectivity index (χ0n) is 14.7. The molecule has 0 saturated carbocycles. The van der Waals surface area contributed by atoms with Crippen LogP contribution >= 0.6 is 0 Å². The van der Waals surface area contributed by atoms with Gasteiger partial charge in [0, 0.05) is 37.6 Å². The molecule has 138 valence electrons. The van der Waals surface area contributed by atoms with Crippen LogP contribution in [-0.4, -0.2) is 42.0 Å². The molecule has 0 spiro atoms. The summed E-state index contributed by atoms with van der Waals surface area (Å²) in [5.41, 5.74) is 6.81. The fourth-order valence-corrected chi connectivity index (χ4v) is 3.84. The van der Waals surface area contributed by atoms with E-state index in [1.165, 1.54) is 6.07 Å². The van der Waals surface area contributed by atoms with Gasteiger partial charge in [0.25, 0.3) is 0 Å². The fraction of sp³-hybridized carbons (Fsp3) is 0.611. The average Bonchev–Trinajstić information content (AvgIpc) is 3.20. The Morgan fingerprint density at radius 3 is 2.76 bits per heavy atom. The molecular formula is C18H26F2N4O.